The molecule has 0 aliphatic carbocycles. The first-order valence-electron chi connectivity index (χ1n) is 6.37. The standard InChI is InChI=1S/C16H17NO2/c1-2-7-16(18)19-15-11-6-4-9-13(15)12-8-3-5-10-14(12)17/h3-6,8-11H,2,7,17H2,1H3. The SMILES string of the molecule is CCCC(=O)Oc1ccccc1-c1ccccc1N. The Labute approximate surface area is 113 Å². The molecule has 0 saturated heterocycles. The molecule has 2 N–H and O–H groups in total. The molecule has 3 heteroatoms. The molecule has 2 rings (SSSR count). The molecular weight excluding hydrogens is 238 g/mol. The van der Waals surface area contributed by atoms with Gasteiger partial charge in [0.05, 0.1) is 0 Å². The first kappa shape index (κ1) is 13.1. The normalized spacial score (nSPS) is 10.2. The maximum Gasteiger partial charge on any atom is 0.311 e. The Morgan fingerprint density at radius 1 is 1.05 bits per heavy atom. The fraction of sp³-hybridized carbons (Fsp3) is 0.188. The second-order valence-corrected chi connectivity index (χ2v) is 4.31. The Morgan fingerprint density at radius 2 is 1.68 bits per heavy atom. The minimum atomic E-state index is -0.218. The number of para-hydroxylation sites is 2. The minimum absolute atomic E-state index is 0.218. The molecule has 0 spiro atoms. The summed E-state index contributed by atoms with van der Waals surface area (Å²) >= 11 is 0. The van der Waals surface area contributed by atoms with Gasteiger partial charge >= 0.3 is 5.97 Å². The van der Waals surface area contributed by atoms with Crippen LogP contribution in [0, 0.1) is 0 Å². The molecule has 0 bridgehead atoms. The molecule has 0 radical (unpaired) electrons. The van der Waals surface area contributed by atoms with E-state index in [-0.39, 0.29) is 5.97 Å². The highest BCUT2D eigenvalue weighted by Crippen LogP contribution is 2.33. The number of nitrogens with two attached hydrogens (primary N) is 1. The van der Waals surface area contributed by atoms with Gasteiger partial charge in [-0.05, 0) is 18.6 Å². The quantitative estimate of drug-likeness (QED) is 0.515. The predicted molar refractivity (Wildman–Crippen MR) is 76.8 cm³/mol. The summed E-state index contributed by atoms with van der Waals surface area (Å²) in [5.41, 5.74) is 8.35. The van der Waals surface area contributed by atoms with Crippen LogP contribution in [0.25, 0.3) is 11.1 Å². The van der Waals surface area contributed by atoms with Gasteiger partial charge in [0, 0.05) is 23.2 Å². The predicted octanol–water partition coefficient (Wildman–Crippen LogP) is 3.64. The summed E-state index contributed by atoms with van der Waals surface area (Å²) in [6.07, 6.45) is 1.19. The lowest BCUT2D eigenvalue weighted by molar-refractivity contribution is -0.134. The summed E-state index contributed by atoms with van der Waals surface area (Å²) in [4.78, 5) is 11.6. The van der Waals surface area contributed by atoms with Crippen molar-refractivity contribution in [3.63, 3.8) is 0 Å². The third-order valence-electron chi connectivity index (χ3n) is 2.82. The summed E-state index contributed by atoms with van der Waals surface area (Å²) in [5.74, 6) is 0.336. The van der Waals surface area contributed by atoms with Crippen molar-refractivity contribution in [2.45, 2.75) is 19.8 Å². The lowest BCUT2D eigenvalue weighted by Gasteiger charge is -2.11. The number of carbonyl (C=O) groups excluding carboxylic acids is 1. The van der Waals surface area contributed by atoms with Crippen molar-refractivity contribution >= 4 is 11.7 Å². The number of benzene rings is 2. The van der Waals surface area contributed by atoms with Crippen LogP contribution in [0.1, 0.15) is 19.8 Å². The van der Waals surface area contributed by atoms with E-state index >= 15 is 0 Å². The van der Waals surface area contributed by atoms with E-state index in [1.807, 2.05) is 49.4 Å². The summed E-state index contributed by atoms with van der Waals surface area (Å²) in [6.45, 7) is 1.95. The Morgan fingerprint density at radius 3 is 2.37 bits per heavy atom. The van der Waals surface area contributed by atoms with Crippen LogP contribution < -0.4 is 10.5 Å². The largest absolute Gasteiger partial charge is 0.426 e. The molecule has 0 aliphatic rings. The van der Waals surface area contributed by atoms with Crippen LogP contribution in [0.4, 0.5) is 5.69 Å². The molecule has 0 aromatic heterocycles. The lowest BCUT2D eigenvalue weighted by atomic mass is 10.0. The first-order chi connectivity index (χ1) is 9.22. The third kappa shape index (κ3) is 3.13. The number of anilines is 1. The van der Waals surface area contributed by atoms with Crippen LogP contribution >= 0.6 is 0 Å². The van der Waals surface area contributed by atoms with Gasteiger partial charge in [-0.15, -0.1) is 0 Å². The number of carbonyl (C=O) groups is 1. The second kappa shape index (κ2) is 6.05. The van der Waals surface area contributed by atoms with Crippen LogP contribution in [0.3, 0.4) is 0 Å². The molecular formula is C16H17NO2. The maximum atomic E-state index is 11.6. The van der Waals surface area contributed by atoms with E-state index in [4.69, 9.17) is 10.5 Å². The highest BCUT2D eigenvalue weighted by Gasteiger charge is 2.11. The maximum absolute atomic E-state index is 11.6. The minimum Gasteiger partial charge on any atom is -0.426 e. The van der Waals surface area contributed by atoms with Crippen molar-refractivity contribution in [3.8, 4) is 16.9 Å². The molecule has 0 fully saturated rings. The van der Waals surface area contributed by atoms with Gasteiger partial charge in [-0.1, -0.05) is 43.3 Å². The molecule has 0 atom stereocenters. The Balaban J connectivity index is 2.37. The zero-order chi connectivity index (χ0) is 13.7. The molecule has 19 heavy (non-hydrogen) atoms. The van der Waals surface area contributed by atoms with Crippen LogP contribution in [0.2, 0.25) is 0 Å². The van der Waals surface area contributed by atoms with E-state index < -0.39 is 0 Å². The Bertz CT molecular complexity index is 578. The van der Waals surface area contributed by atoms with Crippen molar-refractivity contribution in [1.82, 2.24) is 0 Å². The number of hydrogen-bond acceptors (Lipinski definition) is 3. The van der Waals surface area contributed by atoms with Gasteiger partial charge in [0.25, 0.3) is 0 Å². The number of hydrogen-bond donors (Lipinski definition) is 1. The smallest absolute Gasteiger partial charge is 0.311 e. The zero-order valence-corrected chi connectivity index (χ0v) is 10.9. The zero-order valence-electron chi connectivity index (χ0n) is 10.9. The summed E-state index contributed by atoms with van der Waals surface area (Å²) in [5, 5.41) is 0. The van der Waals surface area contributed by atoms with Gasteiger partial charge < -0.3 is 10.5 Å². The van der Waals surface area contributed by atoms with Gasteiger partial charge in [-0.3, -0.25) is 4.79 Å². The molecule has 0 amide bonds. The number of esters is 1. The summed E-state index contributed by atoms with van der Waals surface area (Å²) < 4.78 is 5.40. The van der Waals surface area contributed by atoms with Crippen molar-refractivity contribution in [1.29, 1.82) is 0 Å². The summed E-state index contributed by atoms with van der Waals surface area (Å²) in [6, 6.07) is 15.0. The van der Waals surface area contributed by atoms with Crippen molar-refractivity contribution in [2.24, 2.45) is 0 Å². The van der Waals surface area contributed by atoms with Crippen molar-refractivity contribution in [2.75, 3.05) is 5.73 Å². The third-order valence-corrected chi connectivity index (χ3v) is 2.82. The van der Waals surface area contributed by atoms with Crippen molar-refractivity contribution < 1.29 is 9.53 Å². The van der Waals surface area contributed by atoms with Gasteiger partial charge in [-0.25, -0.2) is 0 Å². The molecule has 0 aliphatic heterocycles. The van der Waals surface area contributed by atoms with E-state index in [1.54, 1.807) is 6.07 Å². The van der Waals surface area contributed by atoms with E-state index in [0.29, 0.717) is 17.9 Å². The van der Waals surface area contributed by atoms with Crippen LogP contribution in [0.5, 0.6) is 5.75 Å². The highest BCUT2D eigenvalue weighted by molar-refractivity contribution is 5.83. The molecule has 0 saturated carbocycles. The van der Waals surface area contributed by atoms with E-state index in [9.17, 15) is 4.79 Å². The Hall–Kier alpha value is -2.29. The van der Waals surface area contributed by atoms with Gasteiger partial charge in [0.15, 0.2) is 0 Å². The van der Waals surface area contributed by atoms with Gasteiger partial charge in [0.2, 0.25) is 0 Å². The van der Waals surface area contributed by atoms with E-state index in [1.165, 1.54) is 0 Å². The second-order valence-electron chi connectivity index (χ2n) is 4.31. The Kier molecular flexibility index (Phi) is 4.18. The molecule has 2 aromatic rings. The molecule has 0 heterocycles. The van der Waals surface area contributed by atoms with Crippen LogP contribution in [0.15, 0.2) is 48.5 Å². The van der Waals surface area contributed by atoms with E-state index in [0.717, 1.165) is 17.5 Å². The van der Waals surface area contributed by atoms with Gasteiger partial charge in [-0.2, -0.15) is 0 Å². The fourth-order valence-corrected chi connectivity index (χ4v) is 1.90. The first-order valence-corrected chi connectivity index (χ1v) is 6.37. The average molecular weight is 255 g/mol. The monoisotopic (exact) mass is 255 g/mol. The molecule has 0 unspecified atom stereocenters. The topological polar surface area (TPSA) is 52.3 Å². The molecule has 98 valence electrons. The van der Waals surface area contributed by atoms with Gasteiger partial charge in [0.1, 0.15) is 5.75 Å². The highest BCUT2D eigenvalue weighted by atomic mass is 16.5. The lowest BCUT2D eigenvalue weighted by Crippen LogP contribution is -2.07. The van der Waals surface area contributed by atoms with Crippen LogP contribution in [-0.4, -0.2) is 5.97 Å². The van der Waals surface area contributed by atoms with Crippen molar-refractivity contribution in [3.05, 3.63) is 48.5 Å². The summed E-state index contributed by atoms with van der Waals surface area (Å²) in [7, 11) is 0. The average Bonchev–Trinajstić information content (AvgIpc) is 2.40. The number of ether oxygens (including phenoxy) is 1. The number of nitrogen functional groups attached to an aromatic ring is 1. The molecule has 2 aromatic carbocycles. The fourth-order valence-electron chi connectivity index (χ4n) is 1.90. The van der Waals surface area contributed by atoms with Crippen LogP contribution in [-0.2, 0) is 4.79 Å². The van der Waals surface area contributed by atoms with E-state index in [2.05, 4.69) is 0 Å². The number of rotatable bonds is 4. The molecule has 3 nitrogen and oxygen atoms in total.